The Morgan fingerprint density at radius 1 is 1.20 bits per heavy atom. The van der Waals surface area contributed by atoms with Crippen LogP contribution in [0.1, 0.15) is 19.4 Å². The predicted molar refractivity (Wildman–Crippen MR) is 82.6 cm³/mol. The molecule has 2 rings (SSSR count). The van der Waals surface area contributed by atoms with Crippen molar-refractivity contribution in [3.8, 4) is 11.5 Å². The molecule has 0 spiro atoms. The van der Waals surface area contributed by atoms with Crippen LogP contribution in [0.25, 0.3) is 0 Å². The van der Waals surface area contributed by atoms with Crippen molar-refractivity contribution in [1.29, 1.82) is 0 Å². The first-order chi connectivity index (χ1) is 9.60. The Balaban J connectivity index is 2.27. The molecule has 104 valence electrons. The standard InChI is InChI=1S/C16H16ClNO2/c1-3-20-14-7-5-13(6-8-14)18-11(2)15-10-12(17)4-9-16(15)19/h4-10,19H,3H2,1-2H3. The lowest BCUT2D eigenvalue weighted by atomic mass is 10.1. The van der Waals surface area contributed by atoms with Gasteiger partial charge in [-0.15, -0.1) is 0 Å². The molecule has 0 saturated heterocycles. The summed E-state index contributed by atoms with van der Waals surface area (Å²) in [7, 11) is 0. The van der Waals surface area contributed by atoms with Crippen LogP contribution in [0.4, 0.5) is 5.69 Å². The topological polar surface area (TPSA) is 41.8 Å². The first-order valence-electron chi connectivity index (χ1n) is 6.37. The average molecular weight is 290 g/mol. The fraction of sp³-hybridized carbons (Fsp3) is 0.188. The zero-order valence-electron chi connectivity index (χ0n) is 11.4. The minimum atomic E-state index is 0.168. The van der Waals surface area contributed by atoms with E-state index < -0.39 is 0 Å². The number of aliphatic imine (C=N–C) groups is 1. The number of ether oxygens (including phenoxy) is 1. The zero-order valence-corrected chi connectivity index (χ0v) is 12.2. The second-order valence-corrected chi connectivity index (χ2v) is 4.72. The van der Waals surface area contributed by atoms with Crippen molar-refractivity contribution in [2.24, 2.45) is 4.99 Å². The predicted octanol–water partition coefficient (Wildman–Crippen LogP) is 4.59. The summed E-state index contributed by atoms with van der Waals surface area (Å²) in [5, 5.41) is 10.4. The molecule has 0 heterocycles. The summed E-state index contributed by atoms with van der Waals surface area (Å²) < 4.78 is 5.38. The van der Waals surface area contributed by atoms with Crippen LogP contribution in [0.15, 0.2) is 47.5 Å². The summed E-state index contributed by atoms with van der Waals surface area (Å²) in [6.07, 6.45) is 0. The fourth-order valence-corrected chi connectivity index (χ4v) is 2.01. The van der Waals surface area contributed by atoms with Gasteiger partial charge in [0.25, 0.3) is 0 Å². The molecule has 2 aromatic carbocycles. The summed E-state index contributed by atoms with van der Waals surface area (Å²) in [6, 6.07) is 12.4. The lowest BCUT2D eigenvalue weighted by Crippen LogP contribution is -1.95. The normalized spacial score (nSPS) is 11.4. The number of hydrogen-bond donors (Lipinski definition) is 1. The van der Waals surface area contributed by atoms with E-state index in [1.807, 2.05) is 38.1 Å². The molecule has 0 aliphatic rings. The van der Waals surface area contributed by atoms with Crippen molar-refractivity contribution in [3.63, 3.8) is 0 Å². The highest BCUT2D eigenvalue weighted by molar-refractivity contribution is 6.31. The van der Waals surface area contributed by atoms with Crippen molar-refractivity contribution in [2.75, 3.05) is 6.61 Å². The van der Waals surface area contributed by atoms with E-state index >= 15 is 0 Å². The van der Waals surface area contributed by atoms with Crippen LogP contribution < -0.4 is 4.74 Å². The maximum absolute atomic E-state index is 9.84. The molecule has 3 nitrogen and oxygen atoms in total. The molecule has 0 aliphatic heterocycles. The third-order valence-electron chi connectivity index (χ3n) is 2.79. The molecule has 4 heteroatoms. The Kier molecular flexibility index (Phi) is 4.64. The van der Waals surface area contributed by atoms with Crippen LogP contribution in [-0.2, 0) is 0 Å². The van der Waals surface area contributed by atoms with E-state index in [9.17, 15) is 5.11 Å². The van der Waals surface area contributed by atoms with Crippen LogP contribution in [0.2, 0.25) is 5.02 Å². The number of rotatable bonds is 4. The minimum Gasteiger partial charge on any atom is -0.507 e. The summed E-state index contributed by atoms with van der Waals surface area (Å²) in [5.41, 5.74) is 2.13. The molecule has 0 atom stereocenters. The number of nitrogens with zero attached hydrogens (tertiary/aromatic N) is 1. The van der Waals surface area contributed by atoms with E-state index in [2.05, 4.69) is 4.99 Å². The van der Waals surface area contributed by atoms with Gasteiger partial charge in [0.15, 0.2) is 0 Å². The van der Waals surface area contributed by atoms with Gasteiger partial charge in [0.05, 0.1) is 12.3 Å². The molecular formula is C16H16ClNO2. The Morgan fingerprint density at radius 3 is 2.55 bits per heavy atom. The summed E-state index contributed by atoms with van der Waals surface area (Å²) in [6.45, 7) is 4.41. The number of phenolic OH excluding ortho intramolecular Hbond substituents is 1. The van der Waals surface area contributed by atoms with Crippen LogP contribution in [0.3, 0.4) is 0 Å². The molecule has 0 saturated carbocycles. The monoisotopic (exact) mass is 289 g/mol. The number of aromatic hydroxyl groups is 1. The molecule has 0 aliphatic carbocycles. The Labute approximate surface area is 123 Å². The molecule has 0 aromatic heterocycles. The quantitative estimate of drug-likeness (QED) is 0.837. The molecule has 0 fully saturated rings. The third kappa shape index (κ3) is 3.52. The minimum absolute atomic E-state index is 0.168. The second kappa shape index (κ2) is 6.44. The molecule has 0 unspecified atom stereocenters. The molecule has 20 heavy (non-hydrogen) atoms. The van der Waals surface area contributed by atoms with E-state index in [4.69, 9.17) is 16.3 Å². The molecule has 0 bridgehead atoms. The summed E-state index contributed by atoms with van der Waals surface area (Å²) >= 11 is 5.94. The van der Waals surface area contributed by atoms with Gasteiger partial charge in [0.2, 0.25) is 0 Å². The van der Waals surface area contributed by atoms with Gasteiger partial charge in [0.1, 0.15) is 11.5 Å². The molecule has 1 N–H and O–H groups in total. The molecule has 0 amide bonds. The van der Waals surface area contributed by atoms with Gasteiger partial charge < -0.3 is 9.84 Å². The highest BCUT2D eigenvalue weighted by atomic mass is 35.5. The van der Waals surface area contributed by atoms with Crippen LogP contribution in [0, 0.1) is 0 Å². The van der Waals surface area contributed by atoms with E-state index in [0.717, 1.165) is 11.4 Å². The summed E-state index contributed by atoms with van der Waals surface area (Å²) in [4.78, 5) is 4.47. The Bertz CT molecular complexity index is 621. The van der Waals surface area contributed by atoms with Crippen molar-refractivity contribution < 1.29 is 9.84 Å². The van der Waals surface area contributed by atoms with E-state index in [0.29, 0.717) is 22.9 Å². The van der Waals surface area contributed by atoms with Gasteiger partial charge in [-0.3, -0.25) is 4.99 Å². The van der Waals surface area contributed by atoms with Gasteiger partial charge in [-0.2, -0.15) is 0 Å². The van der Waals surface area contributed by atoms with Gasteiger partial charge in [-0.1, -0.05) is 11.6 Å². The maximum Gasteiger partial charge on any atom is 0.124 e. The number of benzene rings is 2. The first kappa shape index (κ1) is 14.4. The zero-order chi connectivity index (χ0) is 14.5. The van der Waals surface area contributed by atoms with Crippen molar-refractivity contribution in [1.82, 2.24) is 0 Å². The van der Waals surface area contributed by atoms with Crippen LogP contribution in [0.5, 0.6) is 11.5 Å². The maximum atomic E-state index is 9.84. The van der Waals surface area contributed by atoms with Crippen LogP contribution >= 0.6 is 11.6 Å². The van der Waals surface area contributed by atoms with Gasteiger partial charge in [-0.25, -0.2) is 0 Å². The highest BCUT2D eigenvalue weighted by Crippen LogP contribution is 2.25. The fourth-order valence-electron chi connectivity index (χ4n) is 1.84. The van der Waals surface area contributed by atoms with E-state index in [1.54, 1.807) is 18.2 Å². The highest BCUT2D eigenvalue weighted by Gasteiger charge is 2.05. The molecular weight excluding hydrogens is 274 g/mol. The number of hydrogen-bond acceptors (Lipinski definition) is 3. The van der Waals surface area contributed by atoms with Crippen molar-refractivity contribution in [3.05, 3.63) is 53.1 Å². The smallest absolute Gasteiger partial charge is 0.124 e. The lowest BCUT2D eigenvalue weighted by Gasteiger charge is -2.06. The van der Waals surface area contributed by atoms with Gasteiger partial charge in [-0.05, 0) is 56.3 Å². The van der Waals surface area contributed by atoms with Gasteiger partial charge >= 0.3 is 0 Å². The summed E-state index contributed by atoms with van der Waals surface area (Å²) in [5.74, 6) is 0.983. The Morgan fingerprint density at radius 2 is 1.90 bits per heavy atom. The molecule has 0 radical (unpaired) electrons. The van der Waals surface area contributed by atoms with Crippen molar-refractivity contribution >= 4 is 23.0 Å². The SMILES string of the molecule is CCOc1ccc(N=C(C)c2cc(Cl)ccc2O)cc1. The molecule has 2 aromatic rings. The number of halogens is 1. The Hall–Kier alpha value is -2.00. The first-order valence-corrected chi connectivity index (χ1v) is 6.75. The third-order valence-corrected chi connectivity index (χ3v) is 3.03. The average Bonchev–Trinajstić information content (AvgIpc) is 2.44. The van der Waals surface area contributed by atoms with Gasteiger partial charge in [0, 0.05) is 16.3 Å². The number of phenols is 1. The van der Waals surface area contributed by atoms with Crippen molar-refractivity contribution in [2.45, 2.75) is 13.8 Å². The van der Waals surface area contributed by atoms with E-state index in [-0.39, 0.29) is 5.75 Å². The largest absolute Gasteiger partial charge is 0.507 e. The van der Waals surface area contributed by atoms with Crippen LogP contribution in [-0.4, -0.2) is 17.4 Å². The second-order valence-electron chi connectivity index (χ2n) is 4.29. The lowest BCUT2D eigenvalue weighted by molar-refractivity contribution is 0.340. The van der Waals surface area contributed by atoms with E-state index in [1.165, 1.54) is 0 Å².